The average Bonchev–Trinajstić information content (AvgIpc) is 2.76. The van der Waals surface area contributed by atoms with Crippen molar-refractivity contribution < 1.29 is 4.74 Å². The lowest BCUT2D eigenvalue weighted by molar-refractivity contribution is 0.108. The van der Waals surface area contributed by atoms with Crippen LogP contribution in [0, 0.1) is 0 Å². The number of anilines is 1. The Balaban J connectivity index is 2.13. The summed E-state index contributed by atoms with van der Waals surface area (Å²) in [5, 5.41) is 4.14. The van der Waals surface area contributed by atoms with Gasteiger partial charge in [-0.2, -0.15) is 0 Å². The molecule has 3 N–H and O–H groups in total. The second-order valence-electron chi connectivity index (χ2n) is 4.57. The summed E-state index contributed by atoms with van der Waals surface area (Å²) in [6.45, 7) is 0. The van der Waals surface area contributed by atoms with Gasteiger partial charge in [0.1, 0.15) is 4.99 Å². The van der Waals surface area contributed by atoms with E-state index in [2.05, 4.69) is 5.32 Å². The molecule has 1 aliphatic carbocycles. The van der Waals surface area contributed by atoms with Crippen LogP contribution in [-0.4, -0.2) is 24.2 Å². The van der Waals surface area contributed by atoms with Gasteiger partial charge in [-0.15, -0.1) is 0 Å². The van der Waals surface area contributed by atoms with Gasteiger partial charge in [0.15, 0.2) is 0 Å². The van der Waals surface area contributed by atoms with E-state index in [-0.39, 0.29) is 0 Å². The van der Waals surface area contributed by atoms with Crippen molar-refractivity contribution in [2.45, 2.75) is 31.4 Å². The van der Waals surface area contributed by atoms with Crippen molar-refractivity contribution in [3.63, 3.8) is 0 Å². The molecule has 98 valence electrons. The maximum atomic E-state index is 6.01. The highest BCUT2D eigenvalue weighted by atomic mass is 35.5. The first-order valence-corrected chi connectivity index (χ1v) is 6.77. The Morgan fingerprint density at radius 2 is 2.28 bits per heavy atom. The topological polar surface area (TPSA) is 47.3 Å². The number of hydrogen-bond acceptors (Lipinski definition) is 3. The summed E-state index contributed by atoms with van der Waals surface area (Å²) in [4.78, 5) is 0.385. The Bertz CT molecular complexity index is 453. The number of ether oxygens (including phenoxy) is 1. The number of hydrogen-bond donors (Lipinski definition) is 2. The third kappa shape index (κ3) is 3.13. The molecule has 2 atom stereocenters. The van der Waals surface area contributed by atoms with Crippen molar-refractivity contribution in [3.05, 3.63) is 28.8 Å². The fraction of sp³-hybridized carbons (Fsp3) is 0.462. The minimum absolute atomic E-state index is 0.343. The van der Waals surface area contributed by atoms with Crippen molar-refractivity contribution in [2.75, 3.05) is 12.4 Å². The maximum absolute atomic E-state index is 6.01. The lowest BCUT2D eigenvalue weighted by Gasteiger charge is -2.17. The lowest BCUT2D eigenvalue weighted by Crippen LogP contribution is -2.20. The number of methoxy groups -OCH3 is 1. The van der Waals surface area contributed by atoms with E-state index in [9.17, 15) is 0 Å². The zero-order chi connectivity index (χ0) is 13.1. The molecular formula is C13H17ClN2OS. The van der Waals surface area contributed by atoms with Crippen LogP contribution in [0.15, 0.2) is 18.2 Å². The van der Waals surface area contributed by atoms with Crippen LogP contribution < -0.4 is 11.1 Å². The third-order valence-electron chi connectivity index (χ3n) is 3.32. The molecule has 1 fully saturated rings. The van der Waals surface area contributed by atoms with Crippen LogP contribution in [0.3, 0.4) is 0 Å². The molecule has 18 heavy (non-hydrogen) atoms. The quantitative estimate of drug-likeness (QED) is 0.835. The molecule has 2 unspecified atom stereocenters. The molecular weight excluding hydrogens is 268 g/mol. The normalized spacial score (nSPS) is 23.0. The summed E-state index contributed by atoms with van der Waals surface area (Å²) in [7, 11) is 1.76. The highest BCUT2D eigenvalue weighted by Gasteiger charge is 2.24. The standard InChI is InChI=1S/C13H17ClN2OS/c1-17-10-4-3-9(7-10)16-12-6-8(14)2-5-11(12)13(15)18/h2,5-6,9-10,16H,3-4,7H2,1H3,(H2,15,18). The molecule has 0 aliphatic heterocycles. The molecule has 5 heteroatoms. The van der Waals surface area contributed by atoms with Crippen LogP contribution in [0.1, 0.15) is 24.8 Å². The van der Waals surface area contributed by atoms with Gasteiger partial charge in [-0.3, -0.25) is 0 Å². The summed E-state index contributed by atoms with van der Waals surface area (Å²) in [6, 6.07) is 5.92. The van der Waals surface area contributed by atoms with Crippen molar-refractivity contribution in [2.24, 2.45) is 5.73 Å². The van der Waals surface area contributed by atoms with E-state index in [0.29, 0.717) is 22.2 Å². The summed E-state index contributed by atoms with van der Waals surface area (Å²) in [6.07, 6.45) is 3.51. The van der Waals surface area contributed by atoms with E-state index in [4.69, 9.17) is 34.3 Å². The third-order valence-corrected chi connectivity index (χ3v) is 3.78. The highest BCUT2D eigenvalue weighted by molar-refractivity contribution is 7.80. The first-order chi connectivity index (χ1) is 8.60. The smallest absolute Gasteiger partial charge is 0.106 e. The highest BCUT2D eigenvalue weighted by Crippen LogP contribution is 2.28. The van der Waals surface area contributed by atoms with Crippen molar-refractivity contribution in [1.82, 2.24) is 0 Å². The largest absolute Gasteiger partial charge is 0.389 e. The molecule has 1 aliphatic rings. The monoisotopic (exact) mass is 284 g/mol. The molecule has 1 saturated carbocycles. The molecule has 0 radical (unpaired) electrons. The molecule has 0 saturated heterocycles. The lowest BCUT2D eigenvalue weighted by atomic mass is 10.1. The Hall–Kier alpha value is -0.840. The second kappa shape index (κ2) is 5.87. The van der Waals surface area contributed by atoms with Gasteiger partial charge in [0, 0.05) is 29.4 Å². The van der Waals surface area contributed by atoms with E-state index >= 15 is 0 Å². The van der Waals surface area contributed by atoms with Gasteiger partial charge in [-0.1, -0.05) is 23.8 Å². The first-order valence-electron chi connectivity index (χ1n) is 5.99. The van der Waals surface area contributed by atoms with Gasteiger partial charge in [0.25, 0.3) is 0 Å². The molecule has 1 aromatic carbocycles. The van der Waals surface area contributed by atoms with E-state index < -0.39 is 0 Å². The van der Waals surface area contributed by atoms with E-state index in [1.54, 1.807) is 13.2 Å². The fourth-order valence-electron chi connectivity index (χ4n) is 2.36. The SMILES string of the molecule is COC1CCC(Nc2cc(Cl)ccc2C(N)=S)C1. The second-order valence-corrected chi connectivity index (χ2v) is 5.44. The van der Waals surface area contributed by atoms with Gasteiger partial charge in [0.05, 0.1) is 6.10 Å². The zero-order valence-corrected chi connectivity index (χ0v) is 11.9. The van der Waals surface area contributed by atoms with E-state index in [1.807, 2.05) is 12.1 Å². The maximum Gasteiger partial charge on any atom is 0.106 e. The van der Waals surface area contributed by atoms with Crippen molar-refractivity contribution in [1.29, 1.82) is 0 Å². The van der Waals surface area contributed by atoms with Crippen LogP contribution in [-0.2, 0) is 4.74 Å². The summed E-state index contributed by atoms with van der Waals surface area (Å²) in [5.41, 5.74) is 7.47. The number of benzene rings is 1. The van der Waals surface area contributed by atoms with Gasteiger partial charge in [0.2, 0.25) is 0 Å². The minimum atomic E-state index is 0.343. The predicted octanol–water partition coefficient (Wildman–Crippen LogP) is 2.95. The van der Waals surface area contributed by atoms with Gasteiger partial charge in [-0.05, 0) is 37.5 Å². The van der Waals surface area contributed by atoms with E-state index in [1.165, 1.54) is 0 Å². The van der Waals surface area contributed by atoms with E-state index in [0.717, 1.165) is 30.5 Å². The Morgan fingerprint density at radius 3 is 2.89 bits per heavy atom. The van der Waals surface area contributed by atoms with Gasteiger partial charge < -0.3 is 15.8 Å². The van der Waals surface area contributed by atoms with Crippen LogP contribution in [0.4, 0.5) is 5.69 Å². The average molecular weight is 285 g/mol. The Kier molecular flexibility index (Phi) is 4.43. The van der Waals surface area contributed by atoms with Gasteiger partial charge >= 0.3 is 0 Å². The Morgan fingerprint density at radius 1 is 1.50 bits per heavy atom. The van der Waals surface area contributed by atoms with Gasteiger partial charge in [-0.25, -0.2) is 0 Å². The molecule has 0 heterocycles. The van der Waals surface area contributed by atoms with Crippen LogP contribution in [0.2, 0.25) is 5.02 Å². The zero-order valence-electron chi connectivity index (χ0n) is 10.3. The molecule has 0 bridgehead atoms. The number of thiocarbonyl (C=S) groups is 1. The van der Waals surface area contributed by atoms with Crippen molar-refractivity contribution >= 4 is 34.5 Å². The molecule has 3 nitrogen and oxygen atoms in total. The summed E-state index contributed by atoms with van der Waals surface area (Å²) in [5.74, 6) is 0. The molecule has 0 spiro atoms. The van der Waals surface area contributed by atoms with Crippen LogP contribution in [0.25, 0.3) is 0 Å². The number of nitrogens with two attached hydrogens (primary N) is 1. The molecule has 2 rings (SSSR count). The molecule has 0 aromatic heterocycles. The predicted molar refractivity (Wildman–Crippen MR) is 79.4 cm³/mol. The molecule has 1 aromatic rings. The van der Waals surface area contributed by atoms with Crippen LogP contribution in [0.5, 0.6) is 0 Å². The number of halogens is 1. The van der Waals surface area contributed by atoms with Crippen LogP contribution >= 0.6 is 23.8 Å². The number of rotatable bonds is 4. The summed E-state index contributed by atoms with van der Waals surface area (Å²) >= 11 is 11.1. The Labute approximate surface area is 118 Å². The summed E-state index contributed by atoms with van der Waals surface area (Å²) < 4.78 is 5.36. The molecule has 0 amide bonds. The first kappa shape index (κ1) is 13.6. The van der Waals surface area contributed by atoms with Crippen molar-refractivity contribution in [3.8, 4) is 0 Å². The minimum Gasteiger partial charge on any atom is -0.389 e. The number of nitrogens with one attached hydrogen (secondary N) is 1. The fourth-order valence-corrected chi connectivity index (χ4v) is 2.71.